The molecule has 0 aliphatic rings. The van der Waals surface area contributed by atoms with Crippen LogP contribution in [0.4, 0.5) is 5.82 Å². The standard InChI is InChI=1S/C14H12BrN3/c1-8-9(2)18-14(17)11(7-16)13(8)10-5-3-4-6-12(10)15/h3-6H,1-2H3,(H2,17,18). The summed E-state index contributed by atoms with van der Waals surface area (Å²) < 4.78 is 0.939. The van der Waals surface area contributed by atoms with Crippen LogP contribution in [-0.4, -0.2) is 4.98 Å². The Hall–Kier alpha value is -1.86. The molecule has 0 amide bonds. The van der Waals surface area contributed by atoms with Crippen LogP contribution >= 0.6 is 15.9 Å². The van der Waals surface area contributed by atoms with Crippen LogP contribution in [0.3, 0.4) is 0 Å². The number of rotatable bonds is 1. The molecule has 0 unspecified atom stereocenters. The van der Waals surface area contributed by atoms with E-state index < -0.39 is 0 Å². The van der Waals surface area contributed by atoms with E-state index in [0.717, 1.165) is 26.9 Å². The summed E-state index contributed by atoms with van der Waals surface area (Å²) in [4.78, 5) is 4.20. The van der Waals surface area contributed by atoms with Crippen molar-refractivity contribution in [3.05, 3.63) is 45.6 Å². The van der Waals surface area contributed by atoms with Crippen LogP contribution in [-0.2, 0) is 0 Å². The Bertz CT molecular complexity index is 657. The van der Waals surface area contributed by atoms with Crippen molar-refractivity contribution in [1.29, 1.82) is 5.26 Å². The first-order valence-corrected chi connectivity index (χ1v) is 6.27. The number of nitrogen functional groups attached to an aromatic ring is 1. The average Bonchev–Trinajstić information content (AvgIpc) is 2.34. The summed E-state index contributed by atoms with van der Waals surface area (Å²) in [6.45, 7) is 3.85. The zero-order valence-corrected chi connectivity index (χ0v) is 11.7. The van der Waals surface area contributed by atoms with Crippen molar-refractivity contribution in [2.24, 2.45) is 0 Å². The topological polar surface area (TPSA) is 62.7 Å². The van der Waals surface area contributed by atoms with Gasteiger partial charge >= 0.3 is 0 Å². The van der Waals surface area contributed by atoms with Crippen LogP contribution < -0.4 is 5.73 Å². The van der Waals surface area contributed by atoms with E-state index in [2.05, 4.69) is 27.0 Å². The maximum absolute atomic E-state index is 9.28. The molecule has 0 spiro atoms. The van der Waals surface area contributed by atoms with E-state index in [1.54, 1.807) is 0 Å². The molecule has 90 valence electrons. The summed E-state index contributed by atoms with van der Waals surface area (Å²) in [5.74, 6) is 0.284. The Kier molecular flexibility index (Phi) is 3.35. The fourth-order valence-corrected chi connectivity index (χ4v) is 2.41. The predicted molar refractivity (Wildman–Crippen MR) is 76.0 cm³/mol. The Morgan fingerprint density at radius 2 is 1.94 bits per heavy atom. The molecule has 0 aliphatic carbocycles. The average molecular weight is 302 g/mol. The maximum Gasteiger partial charge on any atom is 0.142 e. The van der Waals surface area contributed by atoms with Gasteiger partial charge in [-0.25, -0.2) is 4.98 Å². The number of benzene rings is 1. The van der Waals surface area contributed by atoms with Gasteiger partial charge in [-0.15, -0.1) is 0 Å². The number of aryl methyl sites for hydroxylation is 1. The lowest BCUT2D eigenvalue weighted by atomic mass is 9.95. The number of anilines is 1. The van der Waals surface area contributed by atoms with Gasteiger partial charge in [0.2, 0.25) is 0 Å². The zero-order chi connectivity index (χ0) is 13.3. The van der Waals surface area contributed by atoms with Crippen LogP contribution in [0.1, 0.15) is 16.8 Å². The van der Waals surface area contributed by atoms with Crippen molar-refractivity contribution in [1.82, 2.24) is 4.98 Å². The van der Waals surface area contributed by atoms with Gasteiger partial charge in [-0.1, -0.05) is 34.1 Å². The number of hydrogen-bond acceptors (Lipinski definition) is 3. The predicted octanol–water partition coefficient (Wildman–Crippen LogP) is 3.58. The zero-order valence-electron chi connectivity index (χ0n) is 10.2. The minimum atomic E-state index is 0.284. The fraction of sp³-hybridized carbons (Fsp3) is 0.143. The fourth-order valence-electron chi connectivity index (χ4n) is 1.93. The van der Waals surface area contributed by atoms with Gasteiger partial charge in [0.25, 0.3) is 0 Å². The smallest absolute Gasteiger partial charge is 0.142 e. The quantitative estimate of drug-likeness (QED) is 0.875. The monoisotopic (exact) mass is 301 g/mol. The molecule has 0 radical (unpaired) electrons. The summed E-state index contributed by atoms with van der Waals surface area (Å²) in [6, 6.07) is 9.93. The lowest BCUT2D eigenvalue weighted by molar-refractivity contribution is 1.15. The number of nitrogens with zero attached hydrogens (tertiary/aromatic N) is 2. The first kappa shape index (κ1) is 12.6. The Labute approximate surface area is 114 Å². The SMILES string of the molecule is Cc1nc(N)c(C#N)c(-c2ccccc2Br)c1C. The van der Waals surface area contributed by atoms with Crippen LogP contribution in [0.5, 0.6) is 0 Å². The van der Waals surface area contributed by atoms with Gasteiger partial charge in [-0.2, -0.15) is 5.26 Å². The molecular weight excluding hydrogens is 290 g/mol. The molecule has 1 aromatic heterocycles. The third kappa shape index (κ3) is 1.98. The second kappa shape index (κ2) is 4.79. The summed E-state index contributed by atoms with van der Waals surface area (Å²) in [6.07, 6.45) is 0. The molecule has 0 aliphatic heterocycles. The normalized spacial score (nSPS) is 10.1. The van der Waals surface area contributed by atoms with E-state index in [4.69, 9.17) is 5.73 Å². The summed E-state index contributed by atoms with van der Waals surface area (Å²) in [5, 5.41) is 9.28. The van der Waals surface area contributed by atoms with Gasteiger partial charge in [0.1, 0.15) is 17.5 Å². The largest absolute Gasteiger partial charge is 0.383 e. The molecule has 2 aromatic rings. The molecule has 0 atom stereocenters. The first-order valence-electron chi connectivity index (χ1n) is 5.48. The van der Waals surface area contributed by atoms with E-state index in [1.807, 2.05) is 38.1 Å². The van der Waals surface area contributed by atoms with Crippen molar-refractivity contribution in [3.63, 3.8) is 0 Å². The van der Waals surface area contributed by atoms with Crippen LogP contribution in [0.25, 0.3) is 11.1 Å². The highest BCUT2D eigenvalue weighted by atomic mass is 79.9. The molecule has 0 saturated heterocycles. The van der Waals surface area contributed by atoms with Crippen molar-refractivity contribution in [2.75, 3.05) is 5.73 Å². The number of hydrogen-bond donors (Lipinski definition) is 1. The summed E-state index contributed by atoms with van der Waals surface area (Å²) in [7, 11) is 0. The highest BCUT2D eigenvalue weighted by molar-refractivity contribution is 9.10. The number of halogens is 1. The molecule has 0 bridgehead atoms. The molecule has 1 aromatic carbocycles. The molecule has 4 heteroatoms. The van der Waals surface area contributed by atoms with Crippen molar-refractivity contribution < 1.29 is 0 Å². The van der Waals surface area contributed by atoms with Gasteiger partial charge in [0.15, 0.2) is 0 Å². The van der Waals surface area contributed by atoms with Crippen LogP contribution in [0.15, 0.2) is 28.7 Å². The van der Waals surface area contributed by atoms with Crippen LogP contribution in [0, 0.1) is 25.2 Å². The minimum absolute atomic E-state index is 0.284. The molecule has 2 N–H and O–H groups in total. The van der Waals surface area contributed by atoms with E-state index in [1.165, 1.54) is 0 Å². The van der Waals surface area contributed by atoms with Gasteiger partial charge in [-0.3, -0.25) is 0 Å². The van der Waals surface area contributed by atoms with Crippen molar-refractivity contribution >= 4 is 21.7 Å². The number of pyridine rings is 1. The Balaban J connectivity index is 2.87. The Morgan fingerprint density at radius 3 is 2.56 bits per heavy atom. The second-order valence-electron chi connectivity index (χ2n) is 4.05. The van der Waals surface area contributed by atoms with Crippen molar-refractivity contribution in [3.8, 4) is 17.2 Å². The minimum Gasteiger partial charge on any atom is -0.383 e. The third-order valence-corrected chi connectivity index (χ3v) is 3.66. The molecule has 0 saturated carbocycles. The first-order chi connectivity index (χ1) is 8.56. The molecule has 18 heavy (non-hydrogen) atoms. The van der Waals surface area contributed by atoms with E-state index in [0.29, 0.717) is 5.56 Å². The molecule has 1 heterocycles. The third-order valence-electron chi connectivity index (χ3n) is 2.97. The van der Waals surface area contributed by atoms with Gasteiger partial charge in [0.05, 0.1) is 0 Å². The highest BCUT2D eigenvalue weighted by Crippen LogP contribution is 2.35. The van der Waals surface area contributed by atoms with Gasteiger partial charge in [0, 0.05) is 15.7 Å². The molecule has 3 nitrogen and oxygen atoms in total. The maximum atomic E-state index is 9.28. The summed E-state index contributed by atoms with van der Waals surface area (Å²) in [5.41, 5.74) is 9.92. The number of aromatic nitrogens is 1. The lowest BCUT2D eigenvalue weighted by Crippen LogP contribution is -2.03. The summed E-state index contributed by atoms with van der Waals surface area (Å²) >= 11 is 3.51. The van der Waals surface area contributed by atoms with Gasteiger partial charge < -0.3 is 5.73 Å². The van der Waals surface area contributed by atoms with Gasteiger partial charge in [-0.05, 0) is 31.0 Å². The molecule has 2 rings (SSSR count). The van der Waals surface area contributed by atoms with Crippen LogP contribution in [0.2, 0.25) is 0 Å². The lowest BCUT2D eigenvalue weighted by Gasteiger charge is -2.13. The van der Waals surface area contributed by atoms with E-state index in [-0.39, 0.29) is 5.82 Å². The second-order valence-corrected chi connectivity index (χ2v) is 4.90. The number of nitriles is 1. The van der Waals surface area contributed by atoms with E-state index >= 15 is 0 Å². The molecule has 0 fully saturated rings. The highest BCUT2D eigenvalue weighted by Gasteiger charge is 2.16. The molecular formula is C14H12BrN3. The van der Waals surface area contributed by atoms with Crippen molar-refractivity contribution in [2.45, 2.75) is 13.8 Å². The Morgan fingerprint density at radius 1 is 1.28 bits per heavy atom. The number of nitrogens with two attached hydrogens (primary N) is 1. The van der Waals surface area contributed by atoms with E-state index in [9.17, 15) is 5.26 Å².